The number of aromatic nitrogens is 2. The van der Waals surface area contributed by atoms with E-state index < -0.39 is 0 Å². The number of β-amino-alcohol motifs (C(OH)–C–C–N with tert-alkyl or cyclic N) is 1. The minimum Gasteiger partial charge on any atom is -0.391 e. The third-order valence-electron chi connectivity index (χ3n) is 2.98. The normalized spacial score (nSPS) is 19.4. The molecule has 2 N–H and O–H groups in total. The molecule has 0 bridgehead atoms. The quantitative estimate of drug-likeness (QED) is 0.455. The predicted molar refractivity (Wildman–Crippen MR) is 85.8 cm³/mol. The highest BCUT2D eigenvalue weighted by molar-refractivity contribution is 14.0. The number of likely N-dealkylation sites (tertiary alicyclic amines) is 1. The molecule has 2 rings (SSSR count). The number of halogens is 1. The lowest BCUT2D eigenvalue weighted by atomic mass is 10.3. The molecule has 19 heavy (non-hydrogen) atoms. The fourth-order valence-corrected chi connectivity index (χ4v) is 2.05. The first kappa shape index (κ1) is 16.2. The average molecular weight is 379 g/mol. The lowest BCUT2D eigenvalue weighted by molar-refractivity contribution is 0.188. The average Bonchev–Trinajstić information content (AvgIpc) is 2.99. The number of aliphatic hydroxyl groups is 1. The molecule has 2 heterocycles. The topological polar surface area (TPSA) is 65.7 Å². The molecule has 1 aromatic rings. The molecule has 0 spiro atoms. The predicted octanol–water partition coefficient (Wildman–Crippen LogP) is 0.533. The van der Waals surface area contributed by atoms with Crippen LogP contribution in [0.4, 0.5) is 0 Å². The van der Waals surface area contributed by atoms with Crippen molar-refractivity contribution < 1.29 is 5.11 Å². The lowest BCUT2D eigenvalue weighted by Gasteiger charge is -2.20. The summed E-state index contributed by atoms with van der Waals surface area (Å²) in [7, 11) is 0. The molecule has 108 valence electrons. The third kappa shape index (κ3) is 4.98. The lowest BCUT2D eigenvalue weighted by Crippen LogP contribution is -2.40. The van der Waals surface area contributed by atoms with Gasteiger partial charge in [-0.3, -0.25) is 4.99 Å². The first-order valence-electron chi connectivity index (χ1n) is 6.46. The summed E-state index contributed by atoms with van der Waals surface area (Å²) >= 11 is 0. The number of aliphatic hydroxyl groups excluding tert-OH is 1. The minimum absolute atomic E-state index is 0. The van der Waals surface area contributed by atoms with Gasteiger partial charge in [0.1, 0.15) is 0 Å². The van der Waals surface area contributed by atoms with E-state index in [1.165, 1.54) is 0 Å². The first-order valence-corrected chi connectivity index (χ1v) is 6.46. The van der Waals surface area contributed by atoms with Gasteiger partial charge in [0.05, 0.1) is 19.0 Å². The van der Waals surface area contributed by atoms with Crippen LogP contribution in [0, 0.1) is 0 Å². The fourth-order valence-electron chi connectivity index (χ4n) is 2.05. The summed E-state index contributed by atoms with van der Waals surface area (Å²) in [4.78, 5) is 10.7. The molecule has 0 unspecified atom stereocenters. The maximum atomic E-state index is 9.56. The second-order valence-corrected chi connectivity index (χ2v) is 4.42. The Labute approximate surface area is 130 Å². The van der Waals surface area contributed by atoms with Crippen LogP contribution in [0.25, 0.3) is 0 Å². The van der Waals surface area contributed by atoms with Gasteiger partial charge in [0.25, 0.3) is 0 Å². The van der Waals surface area contributed by atoms with Crippen LogP contribution < -0.4 is 5.32 Å². The number of aliphatic imine (C=N–C) groups is 1. The van der Waals surface area contributed by atoms with E-state index in [0.29, 0.717) is 13.1 Å². The van der Waals surface area contributed by atoms with Crippen LogP contribution >= 0.6 is 24.0 Å². The molecule has 0 saturated carbocycles. The Balaban J connectivity index is 0.00000180. The van der Waals surface area contributed by atoms with Crippen molar-refractivity contribution in [2.24, 2.45) is 4.99 Å². The number of hydrogen-bond donors (Lipinski definition) is 2. The van der Waals surface area contributed by atoms with E-state index >= 15 is 0 Å². The van der Waals surface area contributed by atoms with Crippen molar-refractivity contribution in [2.45, 2.75) is 26.0 Å². The number of imidazole rings is 1. The highest BCUT2D eigenvalue weighted by Crippen LogP contribution is 2.08. The van der Waals surface area contributed by atoms with Gasteiger partial charge in [-0.15, -0.1) is 24.0 Å². The minimum atomic E-state index is -0.220. The molecule has 1 fully saturated rings. The maximum absolute atomic E-state index is 9.56. The smallest absolute Gasteiger partial charge is 0.194 e. The molecule has 0 amide bonds. The highest BCUT2D eigenvalue weighted by Gasteiger charge is 2.22. The monoisotopic (exact) mass is 379 g/mol. The Bertz CT molecular complexity index is 381. The van der Waals surface area contributed by atoms with E-state index in [1.807, 2.05) is 10.8 Å². The van der Waals surface area contributed by atoms with Gasteiger partial charge in [0.2, 0.25) is 0 Å². The van der Waals surface area contributed by atoms with Gasteiger partial charge in [-0.2, -0.15) is 0 Å². The Morgan fingerprint density at radius 3 is 3.00 bits per heavy atom. The molecule has 0 aromatic carbocycles. The summed E-state index contributed by atoms with van der Waals surface area (Å²) in [5.41, 5.74) is 0. The zero-order valence-corrected chi connectivity index (χ0v) is 13.5. The Kier molecular flexibility index (Phi) is 7.14. The Hall–Kier alpha value is -0.830. The van der Waals surface area contributed by atoms with E-state index in [1.54, 1.807) is 12.5 Å². The van der Waals surface area contributed by atoms with Crippen molar-refractivity contribution in [1.82, 2.24) is 19.8 Å². The summed E-state index contributed by atoms with van der Waals surface area (Å²) in [5.74, 6) is 0.897. The van der Waals surface area contributed by atoms with Crippen molar-refractivity contribution >= 4 is 29.9 Å². The summed E-state index contributed by atoms with van der Waals surface area (Å²) in [6, 6.07) is 0. The van der Waals surface area contributed by atoms with E-state index in [2.05, 4.69) is 27.1 Å². The van der Waals surface area contributed by atoms with Gasteiger partial charge in [-0.1, -0.05) is 0 Å². The molecule has 1 aliphatic heterocycles. The first-order chi connectivity index (χ1) is 8.79. The van der Waals surface area contributed by atoms with Gasteiger partial charge in [-0.05, 0) is 13.3 Å². The molecule has 1 atom stereocenters. The molecule has 0 aliphatic carbocycles. The van der Waals surface area contributed by atoms with Crippen LogP contribution in [0.1, 0.15) is 13.3 Å². The molecule has 6 nitrogen and oxygen atoms in total. The molecular weight excluding hydrogens is 357 g/mol. The van der Waals surface area contributed by atoms with Gasteiger partial charge in [0, 0.05) is 38.6 Å². The highest BCUT2D eigenvalue weighted by atomic mass is 127. The van der Waals surface area contributed by atoms with Crippen LogP contribution in [-0.2, 0) is 6.54 Å². The number of nitrogens with zero attached hydrogens (tertiary/aromatic N) is 4. The Morgan fingerprint density at radius 2 is 2.42 bits per heavy atom. The number of hydrogen-bond acceptors (Lipinski definition) is 3. The molecular formula is C12H22IN5O. The van der Waals surface area contributed by atoms with Gasteiger partial charge >= 0.3 is 0 Å². The summed E-state index contributed by atoms with van der Waals surface area (Å²) < 4.78 is 2.01. The number of nitrogens with one attached hydrogen (secondary N) is 1. The third-order valence-corrected chi connectivity index (χ3v) is 2.98. The zero-order valence-electron chi connectivity index (χ0n) is 11.2. The molecule has 1 saturated heterocycles. The SMILES string of the molecule is CCNC(=NCCn1ccnc1)N1CC[C@@H](O)C1.I. The van der Waals surface area contributed by atoms with Crippen LogP contribution in [0.2, 0.25) is 0 Å². The van der Waals surface area contributed by atoms with Crippen molar-refractivity contribution in [3.05, 3.63) is 18.7 Å². The molecule has 1 aliphatic rings. The molecule has 7 heteroatoms. The van der Waals surface area contributed by atoms with Crippen LogP contribution in [0.3, 0.4) is 0 Å². The summed E-state index contributed by atoms with van der Waals surface area (Å²) in [6.45, 7) is 5.99. The standard InChI is InChI=1S/C12H21N5O.HI/c1-2-14-12(17-6-3-11(18)9-17)15-5-8-16-7-4-13-10-16;/h4,7,10-11,18H,2-3,5-6,8-9H2,1H3,(H,14,15);1H/t11-;/m1./s1. The largest absolute Gasteiger partial charge is 0.391 e. The van der Waals surface area contributed by atoms with E-state index in [9.17, 15) is 5.11 Å². The van der Waals surface area contributed by atoms with Gasteiger partial charge in [-0.25, -0.2) is 4.98 Å². The second-order valence-electron chi connectivity index (χ2n) is 4.42. The van der Waals surface area contributed by atoms with E-state index in [0.717, 1.165) is 32.0 Å². The molecule has 1 aromatic heterocycles. The van der Waals surface area contributed by atoms with E-state index in [-0.39, 0.29) is 30.1 Å². The van der Waals surface area contributed by atoms with Crippen molar-refractivity contribution in [1.29, 1.82) is 0 Å². The van der Waals surface area contributed by atoms with E-state index in [4.69, 9.17) is 0 Å². The fraction of sp³-hybridized carbons (Fsp3) is 0.667. The van der Waals surface area contributed by atoms with Crippen molar-refractivity contribution in [3.63, 3.8) is 0 Å². The Morgan fingerprint density at radius 1 is 1.58 bits per heavy atom. The van der Waals surface area contributed by atoms with Crippen LogP contribution in [-0.4, -0.2) is 57.8 Å². The molecule has 0 radical (unpaired) electrons. The summed E-state index contributed by atoms with van der Waals surface area (Å²) in [5, 5.41) is 12.8. The number of rotatable bonds is 4. The number of guanidine groups is 1. The van der Waals surface area contributed by atoms with Crippen molar-refractivity contribution in [2.75, 3.05) is 26.2 Å². The van der Waals surface area contributed by atoms with Gasteiger partial charge < -0.3 is 19.9 Å². The van der Waals surface area contributed by atoms with Crippen LogP contribution in [0.5, 0.6) is 0 Å². The second kappa shape index (κ2) is 8.36. The zero-order chi connectivity index (χ0) is 12.8. The van der Waals surface area contributed by atoms with Crippen LogP contribution in [0.15, 0.2) is 23.7 Å². The maximum Gasteiger partial charge on any atom is 0.194 e. The van der Waals surface area contributed by atoms with Crippen molar-refractivity contribution in [3.8, 4) is 0 Å². The summed E-state index contributed by atoms with van der Waals surface area (Å²) in [6.07, 6.45) is 6.10. The van der Waals surface area contributed by atoms with Gasteiger partial charge in [0.15, 0.2) is 5.96 Å².